The number of nitrogens with two attached hydrogens (primary N) is 1. The SMILES string of the molecule is CC(C)C[C@@H](C(=O)NCN)c1cccc(-c2ccc(CNCc3ncc[nH]3)cc2)c1. The summed E-state index contributed by atoms with van der Waals surface area (Å²) in [6.07, 6.45) is 4.37. The summed E-state index contributed by atoms with van der Waals surface area (Å²) >= 11 is 0. The molecule has 2 aromatic carbocycles. The molecule has 1 aromatic heterocycles. The molecule has 0 aliphatic heterocycles. The third kappa shape index (κ3) is 6.02. The number of rotatable bonds is 10. The molecule has 0 spiro atoms. The number of carbonyl (C=O) groups excluding carboxylic acids is 1. The van der Waals surface area contributed by atoms with E-state index in [1.165, 1.54) is 5.56 Å². The molecule has 30 heavy (non-hydrogen) atoms. The van der Waals surface area contributed by atoms with Gasteiger partial charge in [0.15, 0.2) is 0 Å². The van der Waals surface area contributed by atoms with Gasteiger partial charge in [0.05, 0.1) is 19.1 Å². The summed E-state index contributed by atoms with van der Waals surface area (Å²) in [5.41, 5.74) is 10.0. The molecule has 0 aliphatic carbocycles. The van der Waals surface area contributed by atoms with E-state index in [9.17, 15) is 4.79 Å². The molecule has 6 nitrogen and oxygen atoms in total. The van der Waals surface area contributed by atoms with E-state index in [0.29, 0.717) is 12.5 Å². The molecule has 158 valence electrons. The molecule has 3 aromatic rings. The zero-order valence-corrected chi connectivity index (χ0v) is 17.7. The van der Waals surface area contributed by atoms with E-state index < -0.39 is 0 Å². The lowest BCUT2D eigenvalue weighted by Gasteiger charge is -2.19. The number of nitrogens with one attached hydrogen (secondary N) is 3. The van der Waals surface area contributed by atoms with Gasteiger partial charge in [0, 0.05) is 18.9 Å². The van der Waals surface area contributed by atoms with Crippen LogP contribution in [-0.2, 0) is 17.9 Å². The van der Waals surface area contributed by atoms with Crippen LogP contribution >= 0.6 is 0 Å². The van der Waals surface area contributed by atoms with Crippen molar-refractivity contribution < 1.29 is 4.79 Å². The highest BCUT2D eigenvalue weighted by atomic mass is 16.1. The Hall–Kier alpha value is -2.96. The topological polar surface area (TPSA) is 95.8 Å². The van der Waals surface area contributed by atoms with Gasteiger partial charge in [-0.2, -0.15) is 0 Å². The zero-order chi connectivity index (χ0) is 21.3. The third-order valence-corrected chi connectivity index (χ3v) is 5.05. The lowest BCUT2D eigenvalue weighted by atomic mass is 9.88. The fourth-order valence-corrected chi connectivity index (χ4v) is 3.56. The van der Waals surface area contributed by atoms with Crippen molar-refractivity contribution in [3.63, 3.8) is 0 Å². The predicted octanol–water partition coefficient (Wildman–Crippen LogP) is 3.53. The van der Waals surface area contributed by atoms with Crippen LogP contribution in [0.1, 0.15) is 43.1 Å². The molecule has 3 rings (SSSR count). The minimum Gasteiger partial charge on any atom is -0.348 e. The van der Waals surface area contributed by atoms with Gasteiger partial charge in [-0.05, 0) is 34.6 Å². The fraction of sp³-hybridized carbons (Fsp3) is 0.333. The Morgan fingerprint density at radius 1 is 1.10 bits per heavy atom. The number of hydrogen-bond donors (Lipinski definition) is 4. The van der Waals surface area contributed by atoms with Crippen LogP contribution < -0.4 is 16.4 Å². The Morgan fingerprint density at radius 2 is 1.90 bits per heavy atom. The van der Waals surface area contributed by atoms with E-state index in [0.717, 1.165) is 35.5 Å². The van der Waals surface area contributed by atoms with Crippen molar-refractivity contribution >= 4 is 5.91 Å². The van der Waals surface area contributed by atoms with Crippen LogP contribution in [-0.4, -0.2) is 22.5 Å². The molecule has 6 heteroatoms. The van der Waals surface area contributed by atoms with E-state index in [4.69, 9.17) is 5.73 Å². The quantitative estimate of drug-likeness (QED) is 0.388. The minimum absolute atomic E-state index is 0.0127. The van der Waals surface area contributed by atoms with Gasteiger partial charge in [-0.25, -0.2) is 4.98 Å². The molecule has 0 bridgehead atoms. The second-order valence-electron chi connectivity index (χ2n) is 7.89. The molecule has 0 radical (unpaired) electrons. The second kappa shape index (κ2) is 10.7. The highest BCUT2D eigenvalue weighted by molar-refractivity contribution is 5.84. The molecule has 0 aliphatic rings. The smallest absolute Gasteiger partial charge is 0.228 e. The Bertz CT molecular complexity index is 919. The molecule has 1 atom stereocenters. The van der Waals surface area contributed by atoms with Crippen LogP contribution in [0.3, 0.4) is 0 Å². The summed E-state index contributed by atoms with van der Waals surface area (Å²) in [6, 6.07) is 16.8. The summed E-state index contributed by atoms with van der Waals surface area (Å²) < 4.78 is 0. The lowest BCUT2D eigenvalue weighted by molar-refractivity contribution is -0.122. The summed E-state index contributed by atoms with van der Waals surface area (Å²) in [5.74, 6) is 1.13. The number of H-pyrrole nitrogens is 1. The molecular weight excluding hydrogens is 374 g/mol. The fourth-order valence-electron chi connectivity index (χ4n) is 3.56. The van der Waals surface area contributed by atoms with Crippen LogP contribution in [0.15, 0.2) is 60.9 Å². The van der Waals surface area contributed by atoms with Crippen molar-refractivity contribution in [2.75, 3.05) is 6.67 Å². The monoisotopic (exact) mass is 405 g/mol. The van der Waals surface area contributed by atoms with Crippen molar-refractivity contribution in [1.82, 2.24) is 20.6 Å². The number of aromatic amines is 1. The van der Waals surface area contributed by atoms with Gasteiger partial charge in [-0.15, -0.1) is 0 Å². The maximum atomic E-state index is 12.6. The third-order valence-electron chi connectivity index (χ3n) is 5.05. The minimum atomic E-state index is -0.196. The maximum absolute atomic E-state index is 12.6. The van der Waals surface area contributed by atoms with Crippen molar-refractivity contribution in [3.05, 3.63) is 77.9 Å². The van der Waals surface area contributed by atoms with Gasteiger partial charge < -0.3 is 21.4 Å². The second-order valence-corrected chi connectivity index (χ2v) is 7.89. The highest BCUT2D eigenvalue weighted by Crippen LogP contribution is 2.28. The van der Waals surface area contributed by atoms with Gasteiger partial charge in [0.25, 0.3) is 0 Å². The van der Waals surface area contributed by atoms with Gasteiger partial charge in [-0.1, -0.05) is 62.4 Å². The molecule has 0 saturated carbocycles. The number of carbonyl (C=O) groups is 1. The summed E-state index contributed by atoms with van der Waals surface area (Å²) in [4.78, 5) is 19.9. The van der Waals surface area contributed by atoms with Crippen LogP contribution in [0.2, 0.25) is 0 Å². The highest BCUT2D eigenvalue weighted by Gasteiger charge is 2.21. The Labute approximate surface area is 178 Å². The number of nitrogens with zero attached hydrogens (tertiary/aromatic N) is 1. The molecule has 5 N–H and O–H groups in total. The number of benzene rings is 2. The Morgan fingerprint density at radius 3 is 2.57 bits per heavy atom. The van der Waals surface area contributed by atoms with Crippen LogP contribution in [0, 0.1) is 5.92 Å². The van der Waals surface area contributed by atoms with Crippen molar-refractivity contribution in [2.24, 2.45) is 11.7 Å². The molecule has 1 heterocycles. The van der Waals surface area contributed by atoms with Crippen molar-refractivity contribution in [1.29, 1.82) is 0 Å². The number of imidazole rings is 1. The summed E-state index contributed by atoms with van der Waals surface area (Å²) in [6.45, 7) is 5.90. The molecule has 0 unspecified atom stereocenters. The van der Waals surface area contributed by atoms with Gasteiger partial charge in [-0.3, -0.25) is 4.79 Å². The van der Waals surface area contributed by atoms with E-state index in [-0.39, 0.29) is 18.5 Å². The van der Waals surface area contributed by atoms with Gasteiger partial charge in [0.2, 0.25) is 5.91 Å². The first-order valence-corrected chi connectivity index (χ1v) is 10.4. The summed E-state index contributed by atoms with van der Waals surface area (Å²) in [5, 5.41) is 6.15. The molecular formula is C24H31N5O. The molecule has 0 saturated heterocycles. The van der Waals surface area contributed by atoms with E-state index in [2.05, 4.69) is 70.8 Å². The zero-order valence-electron chi connectivity index (χ0n) is 17.7. The maximum Gasteiger partial charge on any atom is 0.228 e. The first-order chi connectivity index (χ1) is 14.6. The summed E-state index contributed by atoms with van der Waals surface area (Å²) in [7, 11) is 0. The van der Waals surface area contributed by atoms with Gasteiger partial charge in [0.1, 0.15) is 5.82 Å². The lowest BCUT2D eigenvalue weighted by Crippen LogP contribution is -2.34. The van der Waals surface area contributed by atoms with Crippen LogP contribution in [0.4, 0.5) is 0 Å². The van der Waals surface area contributed by atoms with Gasteiger partial charge >= 0.3 is 0 Å². The number of aromatic nitrogens is 2. The largest absolute Gasteiger partial charge is 0.348 e. The number of hydrogen-bond acceptors (Lipinski definition) is 4. The number of amides is 1. The van der Waals surface area contributed by atoms with Crippen molar-refractivity contribution in [3.8, 4) is 11.1 Å². The van der Waals surface area contributed by atoms with E-state index in [1.807, 2.05) is 18.3 Å². The predicted molar refractivity (Wildman–Crippen MR) is 120 cm³/mol. The molecule has 1 amide bonds. The Balaban J connectivity index is 1.70. The van der Waals surface area contributed by atoms with E-state index >= 15 is 0 Å². The normalized spacial score (nSPS) is 12.1. The standard InChI is InChI=1S/C24H31N5O/c1-17(2)12-22(24(30)29-16-25)21-5-3-4-20(13-21)19-8-6-18(7-9-19)14-26-15-23-27-10-11-28-23/h3-11,13,17,22,26H,12,14-16,25H2,1-2H3,(H,27,28)(H,29,30)/t22-/m1/s1. The Kier molecular flexibility index (Phi) is 7.76. The first kappa shape index (κ1) is 21.7. The van der Waals surface area contributed by atoms with Crippen LogP contribution in [0.5, 0.6) is 0 Å². The first-order valence-electron chi connectivity index (χ1n) is 10.4. The van der Waals surface area contributed by atoms with Crippen molar-refractivity contribution in [2.45, 2.75) is 39.3 Å². The van der Waals surface area contributed by atoms with Crippen LogP contribution in [0.25, 0.3) is 11.1 Å². The molecule has 0 fully saturated rings. The van der Waals surface area contributed by atoms with E-state index in [1.54, 1.807) is 6.20 Å². The average Bonchev–Trinajstić information content (AvgIpc) is 3.26. The average molecular weight is 406 g/mol.